The smallest absolute Gasteiger partial charge is 0.242 e. The predicted octanol–water partition coefficient (Wildman–Crippen LogP) is 2.01. The molecule has 0 radical (unpaired) electrons. The number of benzene rings is 1. The standard InChI is InChI=1S/C13H17N3O2S2/c1-10-16-11(9-19-10)7-8-15-20(17,18)13-6-4-3-5-12(13)14-2/h3-6,9,14-15H,7-8H2,1-2H3. The molecule has 2 N–H and O–H groups in total. The largest absolute Gasteiger partial charge is 0.387 e. The number of thiazole rings is 1. The van der Waals surface area contributed by atoms with Crippen LogP contribution in [0.5, 0.6) is 0 Å². The number of rotatable bonds is 6. The summed E-state index contributed by atoms with van der Waals surface area (Å²) in [4.78, 5) is 4.57. The molecule has 2 rings (SSSR count). The maximum absolute atomic E-state index is 12.2. The fraction of sp³-hybridized carbons (Fsp3) is 0.308. The topological polar surface area (TPSA) is 71.1 Å². The van der Waals surface area contributed by atoms with Gasteiger partial charge in [-0.3, -0.25) is 0 Å². The van der Waals surface area contributed by atoms with E-state index in [0.29, 0.717) is 18.7 Å². The maximum atomic E-state index is 12.2. The van der Waals surface area contributed by atoms with E-state index in [2.05, 4.69) is 15.0 Å². The first kappa shape index (κ1) is 15.0. The quantitative estimate of drug-likeness (QED) is 0.856. The van der Waals surface area contributed by atoms with Crippen LogP contribution in [0.15, 0.2) is 34.5 Å². The number of aromatic nitrogens is 1. The Balaban J connectivity index is 2.04. The van der Waals surface area contributed by atoms with E-state index in [9.17, 15) is 8.42 Å². The number of anilines is 1. The van der Waals surface area contributed by atoms with Crippen molar-refractivity contribution in [2.45, 2.75) is 18.2 Å². The van der Waals surface area contributed by atoms with Crippen LogP contribution in [0.25, 0.3) is 0 Å². The molecule has 1 aromatic carbocycles. The summed E-state index contributed by atoms with van der Waals surface area (Å²) in [5, 5.41) is 5.82. The Labute approximate surface area is 123 Å². The molecule has 1 aromatic heterocycles. The highest BCUT2D eigenvalue weighted by Crippen LogP contribution is 2.19. The molecule has 0 atom stereocenters. The molecule has 20 heavy (non-hydrogen) atoms. The second-order valence-corrected chi connectivity index (χ2v) is 7.05. The number of aryl methyl sites for hydroxylation is 1. The van der Waals surface area contributed by atoms with Gasteiger partial charge in [-0.15, -0.1) is 11.3 Å². The van der Waals surface area contributed by atoms with Crippen molar-refractivity contribution in [3.63, 3.8) is 0 Å². The Kier molecular flexibility index (Phi) is 4.74. The number of hydrogen-bond acceptors (Lipinski definition) is 5. The summed E-state index contributed by atoms with van der Waals surface area (Å²) in [5.74, 6) is 0. The number of nitrogens with one attached hydrogen (secondary N) is 2. The second kappa shape index (κ2) is 6.34. The normalized spacial score (nSPS) is 11.5. The van der Waals surface area contributed by atoms with Crippen LogP contribution in [0.4, 0.5) is 5.69 Å². The minimum absolute atomic E-state index is 0.261. The van der Waals surface area contributed by atoms with Gasteiger partial charge >= 0.3 is 0 Å². The van der Waals surface area contributed by atoms with Crippen LogP contribution in [-0.4, -0.2) is 27.0 Å². The van der Waals surface area contributed by atoms with Gasteiger partial charge < -0.3 is 5.32 Å². The lowest BCUT2D eigenvalue weighted by atomic mass is 10.3. The Morgan fingerprint density at radius 3 is 2.70 bits per heavy atom. The molecule has 1 heterocycles. The monoisotopic (exact) mass is 311 g/mol. The second-order valence-electron chi connectivity index (χ2n) is 4.25. The number of sulfonamides is 1. The van der Waals surface area contributed by atoms with Gasteiger partial charge in [0.25, 0.3) is 0 Å². The summed E-state index contributed by atoms with van der Waals surface area (Å²) in [7, 11) is -1.80. The van der Waals surface area contributed by atoms with Gasteiger partial charge in [-0.05, 0) is 19.1 Å². The first-order valence-corrected chi connectivity index (χ1v) is 8.56. The van der Waals surface area contributed by atoms with Crippen LogP contribution in [0.3, 0.4) is 0 Å². The van der Waals surface area contributed by atoms with Crippen molar-refractivity contribution in [1.82, 2.24) is 9.71 Å². The van der Waals surface area contributed by atoms with Crippen molar-refractivity contribution in [3.05, 3.63) is 40.3 Å². The third kappa shape index (κ3) is 3.56. The highest BCUT2D eigenvalue weighted by molar-refractivity contribution is 7.89. The molecule has 0 amide bonds. The molecule has 0 aliphatic carbocycles. The first-order chi connectivity index (χ1) is 9.53. The lowest BCUT2D eigenvalue weighted by Crippen LogP contribution is -2.26. The van der Waals surface area contributed by atoms with Crippen LogP contribution < -0.4 is 10.0 Å². The highest BCUT2D eigenvalue weighted by atomic mass is 32.2. The summed E-state index contributed by atoms with van der Waals surface area (Å²) in [6.07, 6.45) is 0.589. The summed E-state index contributed by atoms with van der Waals surface area (Å²) in [6, 6.07) is 6.82. The lowest BCUT2D eigenvalue weighted by Gasteiger charge is -2.10. The summed E-state index contributed by atoms with van der Waals surface area (Å²) in [5.41, 5.74) is 1.50. The van der Waals surface area contributed by atoms with E-state index in [1.165, 1.54) is 0 Å². The summed E-state index contributed by atoms with van der Waals surface area (Å²) >= 11 is 1.57. The molecule has 0 aliphatic heterocycles. The molecule has 0 saturated carbocycles. The van der Waals surface area contributed by atoms with Gasteiger partial charge in [0.15, 0.2) is 0 Å². The summed E-state index contributed by atoms with van der Waals surface area (Å²) in [6.45, 7) is 2.27. The number of hydrogen-bond donors (Lipinski definition) is 2. The van der Waals surface area contributed by atoms with Gasteiger partial charge in [-0.2, -0.15) is 0 Å². The molecule has 0 fully saturated rings. The van der Waals surface area contributed by atoms with E-state index in [1.54, 1.807) is 42.6 Å². The fourth-order valence-corrected chi connectivity index (χ4v) is 3.71. The first-order valence-electron chi connectivity index (χ1n) is 6.20. The van der Waals surface area contributed by atoms with E-state index < -0.39 is 10.0 Å². The molecule has 5 nitrogen and oxygen atoms in total. The van der Waals surface area contributed by atoms with Crippen LogP contribution in [0.1, 0.15) is 10.7 Å². The van der Waals surface area contributed by atoms with Crippen molar-refractivity contribution in [1.29, 1.82) is 0 Å². The third-order valence-electron chi connectivity index (χ3n) is 2.79. The fourth-order valence-electron chi connectivity index (χ4n) is 1.82. The van der Waals surface area contributed by atoms with E-state index in [4.69, 9.17) is 0 Å². The van der Waals surface area contributed by atoms with E-state index in [0.717, 1.165) is 10.7 Å². The van der Waals surface area contributed by atoms with Crippen LogP contribution in [-0.2, 0) is 16.4 Å². The van der Waals surface area contributed by atoms with Gasteiger partial charge in [0.05, 0.1) is 16.4 Å². The zero-order valence-electron chi connectivity index (χ0n) is 11.4. The highest BCUT2D eigenvalue weighted by Gasteiger charge is 2.17. The van der Waals surface area contributed by atoms with Crippen molar-refractivity contribution in [2.24, 2.45) is 0 Å². The zero-order valence-corrected chi connectivity index (χ0v) is 13.0. The lowest BCUT2D eigenvalue weighted by molar-refractivity contribution is 0.581. The van der Waals surface area contributed by atoms with Crippen LogP contribution in [0.2, 0.25) is 0 Å². The SMILES string of the molecule is CNc1ccccc1S(=O)(=O)NCCc1csc(C)n1. The molecule has 0 bridgehead atoms. The molecule has 0 aliphatic rings. The minimum atomic E-state index is -3.50. The van der Waals surface area contributed by atoms with Gasteiger partial charge in [0, 0.05) is 25.4 Å². The average Bonchev–Trinajstić information content (AvgIpc) is 2.84. The molecule has 7 heteroatoms. The van der Waals surface area contributed by atoms with Crippen molar-refractivity contribution >= 4 is 27.0 Å². The van der Waals surface area contributed by atoms with Gasteiger partial charge in [0.2, 0.25) is 10.0 Å². The molecule has 0 saturated heterocycles. The van der Waals surface area contributed by atoms with E-state index in [1.807, 2.05) is 12.3 Å². The number of nitrogens with zero attached hydrogens (tertiary/aromatic N) is 1. The Morgan fingerprint density at radius 2 is 2.05 bits per heavy atom. The van der Waals surface area contributed by atoms with Crippen molar-refractivity contribution in [2.75, 3.05) is 18.9 Å². The van der Waals surface area contributed by atoms with Gasteiger partial charge in [0.1, 0.15) is 4.90 Å². The molecule has 0 spiro atoms. The average molecular weight is 311 g/mol. The zero-order chi connectivity index (χ0) is 14.6. The van der Waals surface area contributed by atoms with Crippen LogP contribution >= 0.6 is 11.3 Å². The van der Waals surface area contributed by atoms with E-state index >= 15 is 0 Å². The Hall–Kier alpha value is -1.44. The molecular weight excluding hydrogens is 294 g/mol. The van der Waals surface area contributed by atoms with Crippen molar-refractivity contribution < 1.29 is 8.42 Å². The van der Waals surface area contributed by atoms with Gasteiger partial charge in [-0.25, -0.2) is 18.1 Å². The number of para-hydroxylation sites is 1. The molecule has 108 valence electrons. The minimum Gasteiger partial charge on any atom is -0.387 e. The Bertz CT molecular complexity index is 680. The summed E-state index contributed by atoms with van der Waals surface area (Å²) < 4.78 is 27.1. The third-order valence-corrected chi connectivity index (χ3v) is 5.13. The molecule has 0 unspecified atom stereocenters. The van der Waals surface area contributed by atoms with Crippen molar-refractivity contribution in [3.8, 4) is 0 Å². The van der Waals surface area contributed by atoms with Gasteiger partial charge in [-0.1, -0.05) is 12.1 Å². The maximum Gasteiger partial charge on any atom is 0.242 e. The molecular formula is C13H17N3O2S2. The van der Waals surface area contributed by atoms with Crippen LogP contribution in [0, 0.1) is 6.92 Å². The predicted molar refractivity (Wildman–Crippen MR) is 81.7 cm³/mol. The molecule has 2 aromatic rings. The Morgan fingerprint density at radius 1 is 1.30 bits per heavy atom. The van der Waals surface area contributed by atoms with E-state index in [-0.39, 0.29) is 4.90 Å².